The molecule has 1 heterocycles. The van der Waals surface area contributed by atoms with Gasteiger partial charge in [-0.3, -0.25) is 4.79 Å². The Morgan fingerprint density at radius 3 is 2.83 bits per heavy atom. The van der Waals surface area contributed by atoms with Crippen LogP contribution in [0.4, 0.5) is 5.69 Å². The van der Waals surface area contributed by atoms with E-state index in [1.165, 1.54) is 11.0 Å². The largest absolute Gasteiger partial charge is 0.322 e. The van der Waals surface area contributed by atoms with Crippen LogP contribution in [0.25, 0.3) is 0 Å². The number of nitrogens with two attached hydrogens (primary N) is 1. The summed E-state index contributed by atoms with van der Waals surface area (Å²) in [5.41, 5.74) is 5.78. The molecule has 0 radical (unpaired) electrons. The van der Waals surface area contributed by atoms with E-state index in [0.29, 0.717) is 10.2 Å². The zero-order valence-electron chi connectivity index (χ0n) is 9.76. The molecule has 0 spiro atoms. The first-order chi connectivity index (χ1) is 8.36. The summed E-state index contributed by atoms with van der Waals surface area (Å²) in [4.78, 5) is 13.5. The summed E-state index contributed by atoms with van der Waals surface area (Å²) in [7, 11) is -3.35. The van der Waals surface area contributed by atoms with Gasteiger partial charge in [0.05, 0.1) is 22.9 Å². The minimum atomic E-state index is -3.35. The Morgan fingerprint density at radius 2 is 2.22 bits per heavy atom. The number of anilines is 1. The second-order valence-corrected chi connectivity index (χ2v) is 7.13. The number of nitrogens with zero attached hydrogens (tertiary/aromatic N) is 1. The number of carbonyl (C=O) groups excluding carboxylic acids is 1. The van der Waals surface area contributed by atoms with Crippen LogP contribution < -0.4 is 10.6 Å². The number of benzene rings is 1. The van der Waals surface area contributed by atoms with Crippen molar-refractivity contribution in [3.05, 3.63) is 22.7 Å². The summed E-state index contributed by atoms with van der Waals surface area (Å²) < 4.78 is 24.9. The summed E-state index contributed by atoms with van der Waals surface area (Å²) in [6.45, 7) is 1.57. The number of carbonyl (C=O) groups is 1. The fraction of sp³-hybridized carbons (Fsp3) is 0.364. The van der Waals surface area contributed by atoms with Gasteiger partial charge in [-0.25, -0.2) is 8.42 Å². The van der Waals surface area contributed by atoms with Crippen molar-refractivity contribution >= 4 is 37.4 Å². The quantitative estimate of drug-likeness (QED) is 0.829. The first-order valence-corrected chi connectivity index (χ1v) is 7.86. The Labute approximate surface area is 114 Å². The van der Waals surface area contributed by atoms with Crippen LogP contribution in [-0.2, 0) is 14.6 Å². The van der Waals surface area contributed by atoms with Gasteiger partial charge in [0.25, 0.3) is 0 Å². The lowest BCUT2D eigenvalue weighted by molar-refractivity contribution is -0.117. The van der Waals surface area contributed by atoms with Crippen LogP contribution in [0, 0.1) is 0 Å². The molecule has 0 aliphatic carbocycles. The zero-order chi connectivity index (χ0) is 13.5. The lowest BCUT2D eigenvalue weighted by Crippen LogP contribution is -2.48. The first-order valence-electron chi connectivity index (χ1n) is 5.41. The molecule has 0 fully saturated rings. The highest BCUT2D eigenvalue weighted by Crippen LogP contribution is 2.35. The summed E-state index contributed by atoms with van der Waals surface area (Å²) in [5.74, 6) is -0.358. The van der Waals surface area contributed by atoms with Crippen molar-refractivity contribution in [1.82, 2.24) is 0 Å². The van der Waals surface area contributed by atoms with Gasteiger partial charge in [0.1, 0.15) is 0 Å². The molecule has 1 aromatic carbocycles. The Kier molecular flexibility index (Phi) is 3.48. The molecule has 5 nitrogen and oxygen atoms in total. The normalized spacial score (nSPS) is 21.5. The second kappa shape index (κ2) is 4.64. The third-order valence-electron chi connectivity index (χ3n) is 2.86. The van der Waals surface area contributed by atoms with Gasteiger partial charge in [0.15, 0.2) is 9.84 Å². The molecule has 0 saturated heterocycles. The van der Waals surface area contributed by atoms with E-state index in [0.717, 1.165) is 0 Å². The van der Waals surface area contributed by atoms with Gasteiger partial charge >= 0.3 is 0 Å². The van der Waals surface area contributed by atoms with Crippen molar-refractivity contribution in [2.45, 2.75) is 17.9 Å². The second-order valence-electron chi connectivity index (χ2n) is 4.21. The Morgan fingerprint density at radius 1 is 1.56 bits per heavy atom. The third-order valence-corrected chi connectivity index (χ3v) is 5.27. The SMILES string of the molecule is CC1CS(=O)(=O)c2cc(Br)ccc2N1C(=O)CN. The number of amides is 1. The lowest BCUT2D eigenvalue weighted by Gasteiger charge is -2.34. The van der Waals surface area contributed by atoms with Crippen molar-refractivity contribution in [3.63, 3.8) is 0 Å². The van der Waals surface area contributed by atoms with E-state index >= 15 is 0 Å². The average molecular weight is 333 g/mol. The minimum absolute atomic E-state index is 0.0812. The lowest BCUT2D eigenvalue weighted by atomic mass is 10.2. The van der Waals surface area contributed by atoms with Gasteiger partial charge in [0.2, 0.25) is 5.91 Å². The van der Waals surface area contributed by atoms with Crippen molar-refractivity contribution in [2.24, 2.45) is 5.73 Å². The fourth-order valence-electron chi connectivity index (χ4n) is 2.13. The highest BCUT2D eigenvalue weighted by molar-refractivity contribution is 9.10. The molecule has 1 atom stereocenters. The molecule has 18 heavy (non-hydrogen) atoms. The molecular formula is C11H13BrN2O3S. The Balaban J connectivity index is 2.66. The standard InChI is InChI=1S/C11H13BrN2O3S/c1-7-6-18(16,17)10-4-8(12)2-3-9(10)14(7)11(15)5-13/h2-4,7H,5-6,13H2,1H3. The molecule has 1 aromatic rings. The van der Waals surface area contributed by atoms with Crippen LogP contribution in [0.1, 0.15) is 6.92 Å². The number of hydrogen-bond donors (Lipinski definition) is 1. The highest BCUT2D eigenvalue weighted by Gasteiger charge is 2.36. The molecule has 1 amide bonds. The smallest absolute Gasteiger partial charge is 0.241 e. The van der Waals surface area contributed by atoms with Crippen LogP contribution in [0.15, 0.2) is 27.6 Å². The molecule has 1 aliphatic rings. The monoisotopic (exact) mass is 332 g/mol. The molecule has 0 bridgehead atoms. The van der Waals surface area contributed by atoms with Crippen molar-refractivity contribution < 1.29 is 13.2 Å². The van der Waals surface area contributed by atoms with Crippen LogP contribution >= 0.6 is 15.9 Å². The summed E-state index contributed by atoms with van der Waals surface area (Å²) >= 11 is 3.24. The molecule has 1 aliphatic heterocycles. The molecule has 2 rings (SSSR count). The van der Waals surface area contributed by atoms with Gasteiger partial charge < -0.3 is 10.6 Å². The number of halogens is 1. The Hall–Kier alpha value is -0.920. The number of sulfone groups is 1. The molecule has 1 unspecified atom stereocenters. The number of fused-ring (bicyclic) bond motifs is 1. The van der Waals surface area contributed by atoms with Gasteiger partial charge in [-0.2, -0.15) is 0 Å². The summed E-state index contributed by atoms with van der Waals surface area (Å²) in [5, 5.41) is 0. The van der Waals surface area contributed by atoms with Gasteiger partial charge in [-0.15, -0.1) is 0 Å². The van der Waals surface area contributed by atoms with Gasteiger partial charge in [-0.1, -0.05) is 15.9 Å². The molecule has 98 valence electrons. The van der Waals surface area contributed by atoms with E-state index in [1.54, 1.807) is 19.1 Å². The summed E-state index contributed by atoms with van der Waals surface area (Å²) in [6, 6.07) is 4.45. The van der Waals surface area contributed by atoms with E-state index in [1.807, 2.05) is 0 Å². The van der Waals surface area contributed by atoms with E-state index < -0.39 is 15.9 Å². The molecule has 7 heteroatoms. The third kappa shape index (κ3) is 2.17. The predicted molar refractivity (Wildman–Crippen MR) is 72.2 cm³/mol. The van der Waals surface area contributed by atoms with Gasteiger partial charge in [-0.05, 0) is 25.1 Å². The highest BCUT2D eigenvalue weighted by atomic mass is 79.9. The van der Waals surface area contributed by atoms with Crippen LogP contribution in [0.5, 0.6) is 0 Å². The maximum Gasteiger partial charge on any atom is 0.241 e. The molecule has 2 N–H and O–H groups in total. The maximum absolute atomic E-state index is 12.1. The number of rotatable bonds is 1. The van der Waals surface area contributed by atoms with E-state index in [2.05, 4.69) is 15.9 Å². The van der Waals surface area contributed by atoms with Crippen molar-refractivity contribution in [3.8, 4) is 0 Å². The zero-order valence-corrected chi connectivity index (χ0v) is 12.2. The topological polar surface area (TPSA) is 80.5 Å². The average Bonchev–Trinajstić information content (AvgIpc) is 2.29. The Bertz CT molecular complexity index is 600. The van der Waals surface area contributed by atoms with E-state index in [9.17, 15) is 13.2 Å². The van der Waals surface area contributed by atoms with Crippen LogP contribution in [-0.4, -0.2) is 32.7 Å². The summed E-state index contributed by atoms with van der Waals surface area (Å²) in [6.07, 6.45) is 0. The molecule has 0 saturated carbocycles. The first kappa shape index (κ1) is 13.5. The van der Waals surface area contributed by atoms with E-state index in [4.69, 9.17) is 5.73 Å². The van der Waals surface area contributed by atoms with Crippen LogP contribution in [0.2, 0.25) is 0 Å². The van der Waals surface area contributed by atoms with E-state index in [-0.39, 0.29) is 23.1 Å². The van der Waals surface area contributed by atoms with Crippen LogP contribution in [0.3, 0.4) is 0 Å². The maximum atomic E-state index is 12.1. The number of hydrogen-bond acceptors (Lipinski definition) is 4. The fourth-order valence-corrected chi connectivity index (χ4v) is 4.40. The molecule has 0 aromatic heterocycles. The molecular weight excluding hydrogens is 320 g/mol. The van der Waals surface area contributed by atoms with Gasteiger partial charge in [0, 0.05) is 10.5 Å². The van der Waals surface area contributed by atoms with Crippen molar-refractivity contribution in [2.75, 3.05) is 17.2 Å². The van der Waals surface area contributed by atoms with Crippen molar-refractivity contribution in [1.29, 1.82) is 0 Å². The predicted octanol–water partition coefficient (Wildman–Crippen LogP) is 0.917. The minimum Gasteiger partial charge on any atom is -0.322 e.